The molecule has 2 aliphatic heterocycles. The van der Waals surface area contributed by atoms with Gasteiger partial charge in [-0.2, -0.15) is 4.31 Å². The van der Waals surface area contributed by atoms with Gasteiger partial charge in [0.25, 0.3) is 5.91 Å². The molecule has 1 atom stereocenters. The number of carbonyl (C=O) groups is 2. The predicted molar refractivity (Wildman–Crippen MR) is 89.4 cm³/mol. The van der Waals surface area contributed by atoms with Gasteiger partial charge in [0, 0.05) is 31.9 Å². The van der Waals surface area contributed by atoms with Crippen molar-refractivity contribution >= 4 is 27.5 Å². The Bertz CT molecular complexity index is 761. The van der Waals surface area contributed by atoms with Crippen LogP contribution in [0.1, 0.15) is 0 Å². The fourth-order valence-corrected chi connectivity index (χ4v) is 4.10. The molecule has 2 fully saturated rings. The van der Waals surface area contributed by atoms with E-state index >= 15 is 0 Å². The molecule has 3 rings (SSSR count). The van der Waals surface area contributed by atoms with Crippen LogP contribution in [0.5, 0.6) is 0 Å². The SMILES string of the molecule is O=C1CN(S(=O)(=O)c2cccc(NC(=O)C3CNCCO3)c2)CCN1. The zero-order valence-corrected chi connectivity index (χ0v) is 14.3. The third-order valence-electron chi connectivity index (χ3n) is 3.96. The Labute approximate surface area is 145 Å². The molecule has 9 nitrogen and oxygen atoms in total. The second kappa shape index (κ2) is 7.48. The van der Waals surface area contributed by atoms with Crippen molar-refractivity contribution in [3.63, 3.8) is 0 Å². The number of morpholine rings is 1. The van der Waals surface area contributed by atoms with Gasteiger partial charge in [0.1, 0.15) is 6.10 Å². The van der Waals surface area contributed by atoms with E-state index in [0.29, 0.717) is 25.4 Å². The molecule has 136 valence electrons. The van der Waals surface area contributed by atoms with Gasteiger partial charge in [-0.3, -0.25) is 9.59 Å². The van der Waals surface area contributed by atoms with E-state index in [1.165, 1.54) is 12.1 Å². The van der Waals surface area contributed by atoms with Crippen molar-refractivity contribution in [1.82, 2.24) is 14.9 Å². The monoisotopic (exact) mass is 368 g/mol. The molecule has 25 heavy (non-hydrogen) atoms. The van der Waals surface area contributed by atoms with Gasteiger partial charge in [0.2, 0.25) is 15.9 Å². The van der Waals surface area contributed by atoms with E-state index < -0.39 is 16.1 Å². The van der Waals surface area contributed by atoms with Crippen LogP contribution < -0.4 is 16.0 Å². The summed E-state index contributed by atoms with van der Waals surface area (Å²) in [5.74, 6) is -0.666. The summed E-state index contributed by atoms with van der Waals surface area (Å²) in [5, 5.41) is 8.32. The van der Waals surface area contributed by atoms with Crippen LogP contribution in [0.2, 0.25) is 0 Å². The molecule has 0 spiro atoms. The average Bonchev–Trinajstić information content (AvgIpc) is 2.62. The highest BCUT2D eigenvalue weighted by atomic mass is 32.2. The van der Waals surface area contributed by atoms with Crippen molar-refractivity contribution in [3.05, 3.63) is 24.3 Å². The largest absolute Gasteiger partial charge is 0.366 e. The molecule has 1 aromatic rings. The molecule has 10 heteroatoms. The quantitative estimate of drug-likeness (QED) is 0.610. The summed E-state index contributed by atoms with van der Waals surface area (Å²) >= 11 is 0. The Morgan fingerprint density at radius 2 is 2.16 bits per heavy atom. The Morgan fingerprint density at radius 3 is 2.88 bits per heavy atom. The zero-order chi connectivity index (χ0) is 17.9. The lowest BCUT2D eigenvalue weighted by Gasteiger charge is -2.26. The zero-order valence-electron chi connectivity index (χ0n) is 13.5. The van der Waals surface area contributed by atoms with Gasteiger partial charge in [-0.25, -0.2) is 8.42 Å². The van der Waals surface area contributed by atoms with Crippen LogP contribution in [0.4, 0.5) is 5.69 Å². The molecule has 2 aliphatic rings. The van der Waals surface area contributed by atoms with Crippen LogP contribution in [0, 0.1) is 0 Å². The molecule has 2 amide bonds. The molecular weight excluding hydrogens is 348 g/mol. The minimum absolute atomic E-state index is 0.0303. The van der Waals surface area contributed by atoms with E-state index in [0.717, 1.165) is 4.31 Å². The van der Waals surface area contributed by atoms with Crippen LogP contribution in [-0.2, 0) is 24.3 Å². The third-order valence-corrected chi connectivity index (χ3v) is 5.80. The number of piperazine rings is 1. The van der Waals surface area contributed by atoms with E-state index in [1.807, 2.05) is 0 Å². The fraction of sp³-hybridized carbons (Fsp3) is 0.467. The molecule has 0 saturated carbocycles. The number of anilines is 1. The van der Waals surface area contributed by atoms with E-state index in [1.54, 1.807) is 12.1 Å². The van der Waals surface area contributed by atoms with Gasteiger partial charge in [0.05, 0.1) is 18.0 Å². The highest BCUT2D eigenvalue weighted by Crippen LogP contribution is 2.20. The number of sulfonamides is 1. The molecule has 3 N–H and O–H groups in total. The lowest BCUT2D eigenvalue weighted by atomic mass is 10.2. The lowest BCUT2D eigenvalue weighted by Crippen LogP contribution is -2.49. The molecule has 1 unspecified atom stereocenters. The minimum atomic E-state index is -3.80. The summed E-state index contributed by atoms with van der Waals surface area (Å²) in [6, 6.07) is 5.98. The summed E-state index contributed by atoms with van der Waals surface area (Å²) in [4.78, 5) is 23.7. The van der Waals surface area contributed by atoms with E-state index in [2.05, 4.69) is 16.0 Å². The summed E-state index contributed by atoms with van der Waals surface area (Å²) in [6.45, 7) is 1.84. The molecule has 0 bridgehead atoms. The van der Waals surface area contributed by atoms with Gasteiger partial charge >= 0.3 is 0 Å². The number of carbonyl (C=O) groups excluding carboxylic acids is 2. The molecular formula is C15H20N4O5S. The van der Waals surface area contributed by atoms with Crippen molar-refractivity contribution < 1.29 is 22.7 Å². The van der Waals surface area contributed by atoms with Gasteiger partial charge in [-0.05, 0) is 18.2 Å². The number of ether oxygens (including phenoxy) is 1. The molecule has 0 radical (unpaired) electrons. The smallest absolute Gasteiger partial charge is 0.254 e. The van der Waals surface area contributed by atoms with E-state index in [4.69, 9.17) is 4.74 Å². The number of amides is 2. The number of benzene rings is 1. The van der Waals surface area contributed by atoms with Crippen LogP contribution in [0.3, 0.4) is 0 Å². The second-order valence-corrected chi connectivity index (χ2v) is 7.71. The van der Waals surface area contributed by atoms with Crippen LogP contribution >= 0.6 is 0 Å². The number of hydrogen-bond donors (Lipinski definition) is 3. The third kappa shape index (κ3) is 4.15. The maximum absolute atomic E-state index is 12.7. The van der Waals surface area contributed by atoms with Gasteiger partial charge in [0.15, 0.2) is 0 Å². The minimum Gasteiger partial charge on any atom is -0.366 e. The van der Waals surface area contributed by atoms with Gasteiger partial charge in [-0.1, -0.05) is 6.07 Å². The normalized spacial score (nSPS) is 22.2. The van der Waals surface area contributed by atoms with Crippen LogP contribution in [0.15, 0.2) is 29.2 Å². The summed E-state index contributed by atoms with van der Waals surface area (Å²) in [5.41, 5.74) is 0.363. The van der Waals surface area contributed by atoms with Crippen molar-refractivity contribution in [2.75, 3.05) is 44.6 Å². The average molecular weight is 368 g/mol. The number of nitrogens with one attached hydrogen (secondary N) is 3. The summed E-state index contributed by atoms with van der Waals surface area (Å²) in [7, 11) is -3.80. The Morgan fingerprint density at radius 1 is 1.32 bits per heavy atom. The van der Waals surface area contributed by atoms with Crippen molar-refractivity contribution in [2.45, 2.75) is 11.0 Å². The first-order valence-corrected chi connectivity index (χ1v) is 9.41. The second-order valence-electron chi connectivity index (χ2n) is 5.77. The standard InChI is InChI=1S/C15H20N4O5S/c20-14-10-19(6-4-17-14)25(22,23)12-3-1-2-11(8-12)18-15(21)13-9-16-5-7-24-13/h1-3,8,13,16H,4-7,9-10H2,(H,17,20)(H,18,21). The first kappa shape index (κ1) is 17.8. The van der Waals surface area contributed by atoms with Gasteiger partial charge in [-0.15, -0.1) is 0 Å². The summed E-state index contributed by atoms with van der Waals surface area (Å²) in [6.07, 6.45) is -0.611. The fourth-order valence-electron chi connectivity index (χ4n) is 2.66. The first-order valence-electron chi connectivity index (χ1n) is 7.97. The number of nitrogens with zero attached hydrogens (tertiary/aromatic N) is 1. The Hall–Kier alpha value is -2.01. The number of rotatable bonds is 4. The molecule has 2 saturated heterocycles. The van der Waals surface area contributed by atoms with Crippen molar-refractivity contribution in [3.8, 4) is 0 Å². The highest BCUT2D eigenvalue weighted by Gasteiger charge is 2.29. The maximum atomic E-state index is 12.7. The molecule has 2 heterocycles. The van der Waals surface area contributed by atoms with E-state index in [-0.39, 0.29) is 36.3 Å². The first-order chi connectivity index (χ1) is 12.0. The predicted octanol–water partition coefficient (Wildman–Crippen LogP) is -1.27. The van der Waals surface area contributed by atoms with Gasteiger partial charge < -0.3 is 20.7 Å². The Balaban J connectivity index is 1.74. The maximum Gasteiger partial charge on any atom is 0.254 e. The summed E-state index contributed by atoms with van der Waals surface area (Å²) < 4.78 is 31.8. The topological polar surface area (TPSA) is 117 Å². The van der Waals surface area contributed by atoms with Crippen LogP contribution in [0.25, 0.3) is 0 Å². The molecule has 1 aromatic carbocycles. The molecule has 0 aliphatic carbocycles. The van der Waals surface area contributed by atoms with Crippen molar-refractivity contribution in [2.24, 2.45) is 0 Å². The van der Waals surface area contributed by atoms with Crippen molar-refractivity contribution in [1.29, 1.82) is 0 Å². The lowest BCUT2D eigenvalue weighted by molar-refractivity contribution is -0.128. The Kier molecular flexibility index (Phi) is 5.33. The van der Waals surface area contributed by atoms with Crippen LogP contribution in [-0.4, -0.2) is 70.0 Å². The highest BCUT2D eigenvalue weighted by molar-refractivity contribution is 7.89. The number of hydrogen-bond acceptors (Lipinski definition) is 6. The van der Waals surface area contributed by atoms with E-state index in [9.17, 15) is 18.0 Å². The molecule has 0 aromatic heterocycles.